The maximum atomic E-state index is 14.0. The van der Waals surface area contributed by atoms with Crippen molar-refractivity contribution in [2.45, 2.75) is 0 Å². The summed E-state index contributed by atoms with van der Waals surface area (Å²) >= 11 is 6.00. The van der Waals surface area contributed by atoms with E-state index in [2.05, 4.69) is 0 Å². The first-order valence-corrected chi connectivity index (χ1v) is 9.24. The van der Waals surface area contributed by atoms with Crippen LogP contribution in [0.25, 0.3) is 6.08 Å². The molecule has 0 atom stereocenters. The van der Waals surface area contributed by atoms with Crippen molar-refractivity contribution < 1.29 is 27.8 Å². The number of hydrogen-bond acceptors (Lipinski definition) is 4. The first-order chi connectivity index (χ1) is 14.4. The lowest BCUT2D eigenvalue weighted by Crippen LogP contribution is -2.11. The molecule has 150 valence electrons. The number of rotatable bonds is 5. The van der Waals surface area contributed by atoms with E-state index in [-0.39, 0.29) is 40.0 Å². The van der Waals surface area contributed by atoms with E-state index in [1.54, 1.807) is 0 Å². The highest BCUT2D eigenvalue weighted by atomic mass is 35.5. The van der Waals surface area contributed by atoms with Crippen LogP contribution in [0.4, 0.5) is 8.78 Å². The van der Waals surface area contributed by atoms with Crippen molar-refractivity contribution in [1.82, 2.24) is 0 Å². The number of hydrogen-bond donors (Lipinski definition) is 0. The number of fused-ring (bicyclic) bond motifs is 1. The molecule has 1 aliphatic heterocycles. The summed E-state index contributed by atoms with van der Waals surface area (Å²) in [5.41, 5.74) is 0.651. The van der Waals surface area contributed by atoms with E-state index in [1.165, 1.54) is 66.7 Å². The normalized spacial score (nSPS) is 13.8. The molecule has 4 rings (SSSR count). The Balaban J connectivity index is 1.50. The second-order valence-corrected chi connectivity index (χ2v) is 6.86. The highest BCUT2D eigenvalue weighted by Crippen LogP contribution is 2.35. The monoisotopic (exact) mass is 426 g/mol. The predicted molar refractivity (Wildman–Crippen MR) is 107 cm³/mol. The van der Waals surface area contributed by atoms with Gasteiger partial charge in [0.25, 0.3) is 0 Å². The molecule has 3 aromatic rings. The minimum absolute atomic E-state index is 0.0525. The standard InChI is InChI=1S/C23H13ClF2O4/c24-18-2-1-3-19(26)17(18)11-22-23(28)16-9-8-15(10-21(16)30-22)29-12-20(27)13-4-6-14(25)7-5-13/h1-11H,12H2/b22-11-. The summed E-state index contributed by atoms with van der Waals surface area (Å²) in [5, 5.41) is 0.151. The lowest BCUT2D eigenvalue weighted by atomic mass is 10.1. The Kier molecular flexibility index (Phi) is 5.33. The van der Waals surface area contributed by atoms with Gasteiger partial charge in [0.05, 0.1) is 10.6 Å². The molecular weight excluding hydrogens is 414 g/mol. The van der Waals surface area contributed by atoms with Crippen LogP contribution in [0.5, 0.6) is 11.5 Å². The smallest absolute Gasteiger partial charge is 0.231 e. The molecular formula is C23H13ClF2O4. The van der Waals surface area contributed by atoms with Crippen molar-refractivity contribution in [3.8, 4) is 11.5 Å². The fraction of sp³-hybridized carbons (Fsp3) is 0.0435. The van der Waals surface area contributed by atoms with Crippen LogP contribution in [0.3, 0.4) is 0 Å². The fourth-order valence-electron chi connectivity index (χ4n) is 2.90. The predicted octanol–water partition coefficient (Wildman–Crippen LogP) is 5.50. The zero-order chi connectivity index (χ0) is 21.3. The number of carbonyl (C=O) groups is 2. The molecule has 0 bridgehead atoms. The zero-order valence-corrected chi connectivity index (χ0v) is 16.1. The van der Waals surface area contributed by atoms with Crippen LogP contribution < -0.4 is 9.47 Å². The van der Waals surface area contributed by atoms with E-state index in [4.69, 9.17) is 21.1 Å². The van der Waals surface area contributed by atoms with Crippen molar-refractivity contribution in [3.05, 3.63) is 99.8 Å². The topological polar surface area (TPSA) is 52.6 Å². The van der Waals surface area contributed by atoms with Crippen LogP contribution in [0.15, 0.2) is 66.4 Å². The Morgan fingerprint density at radius 3 is 2.57 bits per heavy atom. The molecule has 0 aromatic heterocycles. The summed E-state index contributed by atoms with van der Waals surface area (Å²) in [4.78, 5) is 24.7. The van der Waals surface area contributed by atoms with Gasteiger partial charge < -0.3 is 9.47 Å². The summed E-state index contributed by atoms with van der Waals surface area (Å²) in [6.45, 7) is -0.272. The van der Waals surface area contributed by atoms with E-state index in [0.717, 1.165) is 0 Å². The second-order valence-electron chi connectivity index (χ2n) is 6.45. The van der Waals surface area contributed by atoms with Crippen molar-refractivity contribution >= 4 is 29.2 Å². The van der Waals surface area contributed by atoms with Gasteiger partial charge in [-0.05, 0) is 54.6 Å². The lowest BCUT2D eigenvalue weighted by molar-refractivity contribution is 0.0920. The Hall–Kier alpha value is -3.51. The van der Waals surface area contributed by atoms with E-state index in [9.17, 15) is 18.4 Å². The minimum atomic E-state index is -0.578. The molecule has 1 heterocycles. The maximum Gasteiger partial charge on any atom is 0.231 e. The van der Waals surface area contributed by atoms with Crippen molar-refractivity contribution in [2.75, 3.05) is 6.61 Å². The summed E-state index contributed by atoms with van der Waals surface area (Å²) in [6.07, 6.45) is 1.25. The summed E-state index contributed by atoms with van der Waals surface area (Å²) < 4.78 is 38.0. The number of ketones is 2. The Morgan fingerprint density at radius 2 is 1.83 bits per heavy atom. The average Bonchev–Trinajstić information content (AvgIpc) is 3.04. The highest BCUT2D eigenvalue weighted by Gasteiger charge is 2.28. The molecule has 0 unspecified atom stereocenters. The third kappa shape index (κ3) is 3.95. The lowest BCUT2D eigenvalue weighted by Gasteiger charge is -2.07. The van der Waals surface area contributed by atoms with Gasteiger partial charge in [-0.25, -0.2) is 8.78 Å². The molecule has 30 heavy (non-hydrogen) atoms. The molecule has 4 nitrogen and oxygen atoms in total. The number of ether oxygens (including phenoxy) is 2. The maximum absolute atomic E-state index is 14.0. The first-order valence-electron chi connectivity index (χ1n) is 8.86. The van der Waals surface area contributed by atoms with E-state index in [1.807, 2.05) is 0 Å². The number of carbonyl (C=O) groups excluding carboxylic acids is 2. The number of benzene rings is 3. The molecule has 0 amide bonds. The van der Waals surface area contributed by atoms with Gasteiger partial charge in [-0.2, -0.15) is 0 Å². The molecule has 0 fully saturated rings. The fourth-order valence-corrected chi connectivity index (χ4v) is 3.12. The van der Waals surface area contributed by atoms with Gasteiger partial charge >= 0.3 is 0 Å². The van der Waals surface area contributed by atoms with Gasteiger partial charge in [-0.15, -0.1) is 0 Å². The Bertz CT molecular complexity index is 1170. The molecule has 7 heteroatoms. The summed E-state index contributed by atoms with van der Waals surface area (Å²) in [7, 11) is 0. The van der Waals surface area contributed by atoms with Gasteiger partial charge in [-0.1, -0.05) is 17.7 Å². The minimum Gasteiger partial charge on any atom is -0.485 e. The number of halogens is 3. The Labute approximate surface area is 175 Å². The largest absolute Gasteiger partial charge is 0.485 e. The third-order valence-corrected chi connectivity index (χ3v) is 4.78. The molecule has 0 aliphatic carbocycles. The molecule has 3 aromatic carbocycles. The van der Waals surface area contributed by atoms with Gasteiger partial charge in [0.1, 0.15) is 23.1 Å². The van der Waals surface area contributed by atoms with Gasteiger partial charge in [0, 0.05) is 17.2 Å². The van der Waals surface area contributed by atoms with Crippen LogP contribution >= 0.6 is 11.6 Å². The van der Waals surface area contributed by atoms with Crippen LogP contribution in [-0.2, 0) is 0 Å². The molecule has 0 saturated heterocycles. The zero-order valence-electron chi connectivity index (χ0n) is 15.3. The van der Waals surface area contributed by atoms with Gasteiger partial charge in [-0.3, -0.25) is 9.59 Å². The van der Waals surface area contributed by atoms with Gasteiger partial charge in [0.15, 0.2) is 18.1 Å². The SMILES string of the molecule is O=C(COc1ccc2c(c1)O/C(=C\c1c(F)cccc1Cl)C2=O)c1ccc(F)cc1. The van der Waals surface area contributed by atoms with Crippen LogP contribution in [0, 0.1) is 11.6 Å². The van der Waals surface area contributed by atoms with Crippen molar-refractivity contribution in [3.63, 3.8) is 0 Å². The van der Waals surface area contributed by atoms with Crippen LogP contribution in [-0.4, -0.2) is 18.2 Å². The summed E-state index contributed by atoms with van der Waals surface area (Å²) in [6, 6.07) is 13.8. The molecule has 0 spiro atoms. The van der Waals surface area contributed by atoms with E-state index >= 15 is 0 Å². The molecule has 0 saturated carbocycles. The second kappa shape index (κ2) is 8.08. The van der Waals surface area contributed by atoms with Gasteiger partial charge in [0.2, 0.25) is 5.78 Å². The molecule has 1 aliphatic rings. The number of Topliss-reactive ketones (excluding diaryl/α,β-unsaturated/α-hetero) is 2. The van der Waals surface area contributed by atoms with Crippen molar-refractivity contribution in [2.24, 2.45) is 0 Å². The quantitative estimate of drug-likeness (QED) is 0.399. The summed E-state index contributed by atoms with van der Waals surface area (Å²) in [5.74, 6) is -1.30. The molecule has 0 radical (unpaired) electrons. The molecule has 0 N–H and O–H groups in total. The Morgan fingerprint density at radius 1 is 1.07 bits per heavy atom. The first kappa shape index (κ1) is 19.8. The van der Waals surface area contributed by atoms with E-state index < -0.39 is 17.4 Å². The van der Waals surface area contributed by atoms with Crippen molar-refractivity contribution in [1.29, 1.82) is 0 Å². The van der Waals surface area contributed by atoms with Crippen LogP contribution in [0.2, 0.25) is 5.02 Å². The van der Waals surface area contributed by atoms with E-state index in [0.29, 0.717) is 11.3 Å². The number of allylic oxidation sites excluding steroid dienone is 1. The third-order valence-electron chi connectivity index (χ3n) is 4.45. The van der Waals surface area contributed by atoms with Crippen LogP contribution in [0.1, 0.15) is 26.3 Å². The highest BCUT2D eigenvalue weighted by molar-refractivity contribution is 6.32. The average molecular weight is 427 g/mol.